The summed E-state index contributed by atoms with van der Waals surface area (Å²) in [5, 5.41) is 17.8. The van der Waals surface area contributed by atoms with Crippen LogP contribution in [-0.2, 0) is 0 Å². The summed E-state index contributed by atoms with van der Waals surface area (Å²) in [6.07, 6.45) is 5.17. The highest BCUT2D eigenvalue weighted by Crippen LogP contribution is 2.36. The number of hydrogen-bond donors (Lipinski definition) is 2. The maximum atomic E-state index is 12.5. The lowest BCUT2D eigenvalue weighted by molar-refractivity contribution is 0.00962. The molecule has 0 radical (unpaired) electrons. The van der Waals surface area contributed by atoms with Gasteiger partial charge >= 0.3 is 0 Å². The molecule has 1 aromatic carbocycles. The predicted octanol–water partition coefficient (Wildman–Crippen LogP) is 3.24. The summed E-state index contributed by atoms with van der Waals surface area (Å²) in [5.41, 5.74) is 0.608. The third kappa shape index (κ3) is 3.32. The van der Waals surface area contributed by atoms with Crippen LogP contribution in [0.4, 0.5) is 5.69 Å². The van der Waals surface area contributed by atoms with Crippen LogP contribution in [-0.4, -0.2) is 27.5 Å². The molecule has 1 saturated carbocycles. The minimum absolute atomic E-state index is 0.114. The molecule has 0 amide bonds. The molecule has 1 aliphatic carbocycles. The molecule has 2 unspecified atom stereocenters. The Bertz CT molecular complexity index is 763. The van der Waals surface area contributed by atoms with Crippen LogP contribution in [0.5, 0.6) is 0 Å². The van der Waals surface area contributed by atoms with Crippen LogP contribution in [0.15, 0.2) is 41.3 Å². The zero-order chi connectivity index (χ0) is 17.2. The van der Waals surface area contributed by atoms with Crippen molar-refractivity contribution in [2.24, 2.45) is 5.41 Å². The summed E-state index contributed by atoms with van der Waals surface area (Å²) < 4.78 is 1.28. The number of anilines is 1. The molecule has 2 atom stereocenters. The van der Waals surface area contributed by atoms with Crippen molar-refractivity contribution in [1.82, 2.24) is 9.78 Å². The van der Waals surface area contributed by atoms with Crippen molar-refractivity contribution in [2.75, 3.05) is 11.9 Å². The number of para-hydroxylation sites is 1. The van der Waals surface area contributed by atoms with E-state index in [-0.39, 0.29) is 22.1 Å². The first-order chi connectivity index (χ1) is 11.5. The number of aliphatic hydroxyl groups excluding tert-OH is 1. The Morgan fingerprint density at radius 3 is 2.83 bits per heavy atom. The molecule has 1 fully saturated rings. The molecule has 6 heteroatoms. The number of rotatable bonds is 4. The van der Waals surface area contributed by atoms with Crippen LogP contribution in [0.1, 0.15) is 32.6 Å². The summed E-state index contributed by atoms with van der Waals surface area (Å²) in [6, 6.07) is 9.17. The highest BCUT2D eigenvalue weighted by Gasteiger charge is 2.35. The zero-order valence-electron chi connectivity index (χ0n) is 13.7. The Balaban J connectivity index is 1.80. The third-order valence-corrected chi connectivity index (χ3v) is 5.25. The predicted molar refractivity (Wildman–Crippen MR) is 95.9 cm³/mol. The van der Waals surface area contributed by atoms with E-state index in [1.165, 1.54) is 4.68 Å². The molecule has 1 aromatic heterocycles. The second-order valence-corrected chi connectivity index (χ2v) is 7.07. The lowest BCUT2D eigenvalue weighted by Crippen LogP contribution is -2.41. The molecule has 5 nitrogen and oxygen atoms in total. The summed E-state index contributed by atoms with van der Waals surface area (Å²) >= 11 is 6.25. The van der Waals surface area contributed by atoms with Crippen molar-refractivity contribution < 1.29 is 5.11 Å². The van der Waals surface area contributed by atoms with E-state index in [9.17, 15) is 9.90 Å². The molecule has 1 heterocycles. The van der Waals surface area contributed by atoms with Crippen molar-refractivity contribution in [3.05, 3.63) is 51.9 Å². The van der Waals surface area contributed by atoms with E-state index < -0.39 is 0 Å². The first-order valence-corrected chi connectivity index (χ1v) is 8.64. The van der Waals surface area contributed by atoms with Gasteiger partial charge in [-0.2, -0.15) is 9.78 Å². The molecule has 24 heavy (non-hydrogen) atoms. The van der Waals surface area contributed by atoms with Gasteiger partial charge in [-0.15, -0.1) is 0 Å². The normalized spacial score (nSPS) is 23.9. The fourth-order valence-corrected chi connectivity index (χ4v) is 3.39. The van der Waals surface area contributed by atoms with Crippen LogP contribution in [0.3, 0.4) is 0 Å². The minimum Gasteiger partial charge on any atom is -0.392 e. The van der Waals surface area contributed by atoms with Gasteiger partial charge in [0.05, 0.1) is 23.7 Å². The number of nitrogens with zero attached hydrogens (tertiary/aromatic N) is 2. The number of aromatic nitrogens is 2. The average Bonchev–Trinajstić information content (AvgIpc) is 2.60. The van der Waals surface area contributed by atoms with Crippen molar-refractivity contribution in [3.8, 4) is 5.69 Å². The first kappa shape index (κ1) is 17.0. The minimum atomic E-state index is -0.359. The zero-order valence-corrected chi connectivity index (χ0v) is 14.5. The second kappa shape index (κ2) is 6.95. The van der Waals surface area contributed by atoms with Crippen molar-refractivity contribution in [1.29, 1.82) is 0 Å². The molecule has 0 bridgehead atoms. The van der Waals surface area contributed by atoms with E-state index in [0.29, 0.717) is 17.9 Å². The van der Waals surface area contributed by atoms with E-state index in [0.717, 1.165) is 25.7 Å². The molecule has 0 aliphatic heterocycles. The molecule has 3 rings (SSSR count). The van der Waals surface area contributed by atoms with Gasteiger partial charge in [-0.1, -0.05) is 49.6 Å². The fourth-order valence-electron chi connectivity index (χ4n) is 3.19. The Hall–Kier alpha value is -1.85. The van der Waals surface area contributed by atoms with E-state index >= 15 is 0 Å². The topological polar surface area (TPSA) is 67.2 Å². The Morgan fingerprint density at radius 1 is 1.38 bits per heavy atom. The average molecular weight is 348 g/mol. The Labute approximate surface area is 146 Å². The maximum absolute atomic E-state index is 12.5. The summed E-state index contributed by atoms with van der Waals surface area (Å²) in [4.78, 5) is 12.5. The molecule has 2 aromatic rings. The standard InChI is InChI=1S/C18H22ClN3O2/c1-18(10-6-5-9-15(18)23)12-20-14-11-21-22(17(24)16(14)19)13-7-3-2-4-8-13/h2-4,7-8,11,15,20,23H,5-6,9-10,12H2,1H3. The summed E-state index contributed by atoms with van der Waals surface area (Å²) in [7, 11) is 0. The van der Waals surface area contributed by atoms with E-state index in [1.54, 1.807) is 18.3 Å². The van der Waals surface area contributed by atoms with Gasteiger partial charge in [0.15, 0.2) is 0 Å². The maximum Gasteiger partial charge on any atom is 0.292 e. The monoisotopic (exact) mass is 347 g/mol. The molecular weight excluding hydrogens is 326 g/mol. The molecule has 1 aliphatic rings. The summed E-state index contributed by atoms with van der Waals surface area (Å²) in [6.45, 7) is 2.63. The van der Waals surface area contributed by atoms with Gasteiger partial charge in [-0.05, 0) is 25.0 Å². The van der Waals surface area contributed by atoms with Crippen LogP contribution >= 0.6 is 11.6 Å². The van der Waals surface area contributed by atoms with E-state index in [1.807, 2.05) is 18.2 Å². The van der Waals surface area contributed by atoms with Gasteiger partial charge in [0.2, 0.25) is 0 Å². The van der Waals surface area contributed by atoms with Crippen molar-refractivity contribution in [3.63, 3.8) is 0 Å². The third-order valence-electron chi connectivity index (χ3n) is 4.88. The first-order valence-electron chi connectivity index (χ1n) is 8.26. The lowest BCUT2D eigenvalue weighted by Gasteiger charge is -2.38. The Morgan fingerprint density at radius 2 is 2.12 bits per heavy atom. The van der Waals surface area contributed by atoms with Gasteiger partial charge in [-0.25, -0.2) is 0 Å². The van der Waals surface area contributed by atoms with Gasteiger partial charge < -0.3 is 10.4 Å². The molecule has 128 valence electrons. The van der Waals surface area contributed by atoms with Crippen molar-refractivity contribution in [2.45, 2.75) is 38.7 Å². The number of hydrogen-bond acceptors (Lipinski definition) is 4. The number of halogens is 1. The van der Waals surface area contributed by atoms with Crippen LogP contribution < -0.4 is 10.9 Å². The summed E-state index contributed by atoms with van der Waals surface area (Å²) in [5.74, 6) is 0. The van der Waals surface area contributed by atoms with Crippen LogP contribution in [0, 0.1) is 5.41 Å². The van der Waals surface area contributed by atoms with E-state index in [2.05, 4.69) is 17.3 Å². The number of nitrogens with one attached hydrogen (secondary N) is 1. The van der Waals surface area contributed by atoms with Gasteiger partial charge in [0, 0.05) is 12.0 Å². The van der Waals surface area contributed by atoms with Gasteiger partial charge in [-0.3, -0.25) is 4.79 Å². The van der Waals surface area contributed by atoms with Crippen LogP contribution in [0.2, 0.25) is 5.02 Å². The van der Waals surface area contributed by atoms with Gasteiger partial charge in [0.25, 0.3) is 5.56 Å². The smallest absolute Gasteiger partial charge is 0.292 e. The van der Waals surface area contributed by atoms with Crippen molar-refractivity contribution >= 4 is 17.3 Å². The second-order valence-electron chi connectivity index (χ2n) is 6.69. The van der Waals surface area contributed by atoms with Gasteiger partial charge in [0.1, 0.15) is 5.02 Å². The fraction of sp³-hybridized carbons (Fsp3) is 0.444. The quantitative estimate of drug-likeness (QED) is 0.891. The number of aliphatic hydroxyl groups is 1. The lowest BCUT2D eigenvalue weighted by atomic mass is 9.73. The highest BCUT2D eigenvalue weighted by molar-refractivity contribution is 6.32. The molecule has 0 spiro atoms. The molecule has 0 saturated heterocycles. The molecular formula is C18H22ClN3O2. The van der Waals surface area contributed by atoms with E-state index in [4.69, 9.17) is 11.6 Å². The highest BCUT2D eigenvalue weighted by atomic mass is 35.5. The number of benzene rings is 1. The SMILES string of the molecule is CC1(CNc2cnn(-c3ccccc3)c(=O)c2Cl)CCCCC1O. The molecule has 2 N–H and O–H groups in total. The largest absolute Gasteiger partial charge is 0.392 e. The van der Waals surface area contributed by atoms with Crippen LogP contribution in [0.25, 0.3) is 5.69 Å². The Kier molecular flexibility index (Phi) is 4.92.